The standard InChI is InChI=1S/C20H23FN2S/c21-15-12-10-14(11-13-15)19-22-20(24)17-8-4-5-9-18(17)23(19)16-6-2-1-3-7-16/h10-13,16H,1-9H2. The molecular formula is C20H23FN2S. The average Bonchev–Trinajstić information content (AvgIpc) is 2.63. The van der Waals surface area contributed by atoms with Crippen LogP contribution >= 0.6 is 12.2 Å². The number of aromatic nitrogens is 2. The number of halogens is 1. The predicted molar refractivity (Wildman–Crippen MR) is 97.2 cm³/mol. The molecule has 0 unspecified atom stereocenters. The normalized spacial score (nSPS) is 18.4. The van der Waals surface area contributed by atoms with Crippen molar-refractivity contribution in [3.8, 4) is 11.4 Å². The fourth-order valence-corrected chi connectivity index (χ4v) is 4.57. The van der Waals surface area contributed by atoms with E-state index in [9.17, 15) is 4.39 Å². The maximum atomic E-state index is 13.4. The molecule has 2 nitrogen and oxygen atoms in total. The molecule has 0 bridgehead atoms. The van der Waals surface area contributed by atoms with Crippen LogP contribution in [0.5, 0.6) is 0 Å². The van der Waals surface area contributed by atoms with E-state index in [0.717, 1.165) is 28.9 Å². The number of benzene rings is 1. The summed E-state index contributed by atoms with van der Waals surface area (Å²) in [4.78, 5) is 4.82. The molecule has 1 aromatic carbocycles. The first kappa shape index (κ1) is 15.9. The lowest BCUT2D eigenvalue weighted by Gasteiger charge is -2.32. The largest absolute Gasteiger partial charge is 0.326 e. The first-order valence-electron chi connectivity index (χ1n) is 9.14. The Labute approximate surface area is 147 Å². The topological polar surface area (TPSA) is 17.8 Å². The number of hydrogen-bond donors (Lipinski definition) is 0. The molecule has 4 rings (SSSR count). The van der Waals surface area contributed by atoms with E-state index < -0.39 is 0 Å². The lowest BCUT2D eigenvalue weighted by atomic mass is 9.91. The third-order valence-electron chi connectivity index (χ3n) is 5.47. The van der Waals surface area contributed by atoms with Crippen molar-refractivity contribution in [1.82, 2.24) is 9.55 Å². The highest BCUT2D eigenvalue weighted by molar-refractivity contribution is 7.71. The average molecular weight is 342 g/mol. The molecule has 1 fully saturated rings. The monoisotopic (exact) mass is 342 g/mol. The van der Waals surface area contributed by atoms with E-state index >= 15 is 0 Å². The zero-order valence-electron chi connectivity index (χ0n) is 13.9. The van der Waals surface area contributed by atoms with Crippen molar-refractivity contribution >= 4 is 12.2 Å². The van der Waals surface area contributed by atoms with E-state index in [4.69, 9.17) is 17.2 Å². The van der Waals surface area contributed by atoms with Gasteiger partial charge < -0.3 is 4.57 Å². The smallest absolute Gasteiger partial charge is 0.142 e. The molecule has 24 heavy (non-hydrogen) atoms. The third-order valence-corrected chi connectivity index (χ3v) is 5.80. The van der Waals surface area contributed by atoms with E-state index in [1.807, 2.05) is 12.1 Å². The second-order valence-corrected chi connectivity index (χ2v) is 7.43. The highest BCUT2D eigenvalue weighted by Crippen LogP contribution is 2.36. The first-order valence-corrected chi connectivity index (χ1v) is 9.55. The van der Waals surface area contributed by atoms with E-state index in [-0.39, 0.29) is 5.82 Å². The molecule has 4 heteroatoms. The van der Waals surface area contributed by atoms with Gasteiger partial charge >= 0.3 is 0 Å². The summed E-state index contributed by atoms with van der Waals surface area (Å²) in [5.74, 6) is 0.729. The molecule has 0 spiro atoms. The van der Waals surface area contributed by atoms with Crippen molar-refractivity contribution in [3.63, 3.8) is 0 Å². The van der Waals surface area contributed by atoms with Crippen LogP contribution in [-0.4, -0.2) is 9.55 Å². The molecule has 0 amide bonds. The lowest BCUT2D eigenvalue weighted by molar-refractivity contribution is 0.341. The van der Waals surface area contributed by atoms with Crippen LogP contribution in [0.3, 0.4) is 0 Å². The quantitative estimate of drug-likeness (QED) is 0.642. The maximum Gasteiger partial charge on any atom is 0.142 e. The van der Waals surface area contributed by atoms with Crippen LogP contribution in [0, 0.1) is 10.5 Å². The van der Waals surface area contributed by atoms with Crippen molar-refractivity contribution in [3.05, 3.63) is 46.0 Å². The van der Waals surface area contributed by atoms with Crippen molar-refractivity contribution in [1.29, 1.82) is 0 Å². The van der Waals surface area contributed by atoms with Gasteiger partial charge in [0.2, 0.25) is 0 Å². The first-order chi connectivity index (χ1) is 11.7. The molecule has 126 valence electrons. The van der Waals surface area contributed by atoms with Crippen molar-refractivity contribution in [2.45, 2.75) is 63.8 Å². The summed E-state index contributed by atoms with van der Waals surface area (Å²) < 4.78 is 16.6. The van der Waals surface area contributed by atoms with Gasteiger partial charge in [0.1, 0.15) is 16.3 Å². The number of nitrogens with zero attached hydrogens (tertiary/aromatic N) is 2. The van der Waals surface area contributed by atoms with Crippen LogP contribution in [0.15, 0.2) is 24.3 Å². The summed E-state index contributed by atoms with van der Waals surface area (Å²) in [6.07, 6.45) is 10.9. The molecule has 1 saturated carbocycles. The number of rotatable bonds is 2. The summed E-state index contributed by atoms with van der Waals surface area (Å²) in [7, 11) is 0. The Morgan fingerprint density at radius 1 is 0.958 bits per heavy atom. The molecule has 2 aliphatic carbocycles. The highest BCUT2D eigenvalue weighted by Gasteiger charge is 2.25. The van der Waals surface area contributed by atoms with Gasteiger partial charge in [-0.05, 0) is 62.8 Å². The van der Waals surface area contributed by atoms with E-state index in [1.165, 1.54) is 68.3 Å². The van der Waals surface area contributed by atoms with Crippen molar-refractivity contribution < 1.29 is 4.39 Å². The summed E-state index contributed by atoms with van der Waals surface area (Å²) >= 11 is 5.61. The molecule has 2 aliphatic rings. The van der Waals surface area contributed by atoms with Gasteiger partial charge in [-0.25, -0.2) is 9.37 Å². The SMILES string of the molecule is Fc1ccc(-c2nc(=S)c3c(n2C2CCCCC2)CCCC3)cc1. The Kier molecular flexibility index (Phi) is 4.49. The van der Waals surface area contributed by atoms with Gasteiger partial charge in [-0.2, -0.15) is 0 Å². The molecule has 0 aliphatic heterocycles. The Morgan fingerprint density at radius 3 is 2.42 bits per heavy atom. The van der Waals surface area contributed by atoms with Gasteiger partial charge in [0.15, 0.2) is 0 Å². The molecule has 0 atom stereocenters. The van der Waals surface area contributed by atoms with Gasteiger partial charge in [-0.3, -0.25) is 0 Å². The Bertz CT molecular complexity index is 789. The van der Waals surface area contributed by atoms with Gasteiger partial charge in [0.05, 0.1) is 0 Å². The Balaban J connectivity index is 1.92. The lowest BCUT2D eigenvalue weighted by Crippen LogP contribution is -2.23. The van der Waals surface area contributed by atoms with Gasteiger partial charge in [-0.15, -0.1) is 0 Å². The second kappa shape index (κ2) is 6.75. The number of fused-ring (bicyclic) bond motifs is 1. The minimum Gasteiger partial charge on any atom is -0.326 e. The van der Waals surface area contributed by atoms with Gasteiger partial charge in [-0.1, -0.05) is 31.5 Å². The van der Waals surface area contributed by atoms with Crippen LogP contribution in [0.4, 0.5) is 4.39 Å². The second-order valence-electron chi connectivity index (χ2n) is 7.04. The summed E-state index contributed by atoms with van der Waals surface area (Å²) in [5, 5.41) is 0. The van der Waals surface area contributed by atoms with Crippen LogP contribution in [0.2, 0.25) is 0 Å². The number of hydrogen-bond acceptors (Lipinski definition) is 2. The fraction of sp³-hybridized carbons (Fsp3) is 0.500. The molecule has 0 N–H and O–H groups in total. The zero-order chi connectivity index (χ0) is 16.5. The molecule has 0 radical (unpaired) electrons. The van der Waals surface area contributed by atoms with Crippen LogP contribution < -0.4 is 0 Å². The summed E-state index contributed by atoms with van der Waals surface area (Å²) in [6, 6.07) is 7.21. The van der Waals surface area contributed by atoms with Crippen molar-refractivity contribution in [2.24, 2.45) is 0 Å². The van der Waals surface area contributed by atoms with Crippen LogP contribution in [0.25, 0.3) is 11.4 Å². The highest BCUT2D eigenvalue weighted by atomic mass is 32.1. The Hall–Kier alpha value is -1.55. The van der Waals surface area contributed by atoms with E-state index in [1.54, 1.807) is 0 Å². The van der Waals surface area contributed by atoms with Crippen molar-refractivity contribution in [2.75, 3.05) is 0 Å². The maximum absolute atomic E-state index is 13.4. The summed E-state index contributed by atoms with van der Waals surface area (Å²) in [5.41, 5.74) is 3.65. The third kappa shape index (κ3) is 2.92. The van der Waals surface area contributed by atoms with Gasteiger partial charge in [0, 0.05) is 22.9 Å². The van der Waals surface area contributed by atoms with E-state index in [0.29, 0.717) is 6.04 Å². The van der Waals surface area contributed by atoms with Crippen LogP contribution in [-0.2, 0) is 12.8 Å². The predicted octanol–water partition coefficient (Wildman–Crippen LogP) is 5.80. The fourth-order valence-electron chi connectivity index (χ4n) is 4.27. The minimum atomic E-state index is -0.209. The molecule has 2 aromatic rings. The van der Waals surface area contributed by atoms with E-state index in [2.05, 4.69) is 4.57 Å². The zero-order valence-corrected chi connectivity index (χ0v) is 14.7. The molecule has 1 aromatic heterocycles. The molecule has 0 saturated heterocycles. The Morgan fingerprint density at radius 2 is 1.67 bits per heavy atom. The molecular weight excluding hydrogens is 319 g/mol. The molecule has 1 heterocycles. The van der Waals surface area contributed by atoms with Crippen LogP contribution in [0.1, 0.15) is 62.2 Å². The van der Waals surface area contributed by atoms with Gasteiger partial charge in [0.25, 0.3) is 0 Å². The minimum absolute atomic E-state index is 0.209. The summed E-state index contributed by atoms with van der Waals surface area (Å²) in [6.45, 7) is 0.